The third kappa shape index (κ3) is 3.47. The number of nitrogens with one attached hydrogen (secondary N) is 1. The van der Waals surface area contributed by atoms with Gasteiger partial charge in [0, 0.05) is 16.1 Å². The van der Waals surface area contributed by atoms with E-state index in [1.54, 1.807) is 7.11 Å². The Hall–Kier alpha value is -1.34. The zero-order valence-electron chi connectivity index (χ0n) is 11.9. The molecular formula is C14H16Br2N4O. The van der Waals surface area contributed by atoms with Crippen LogP contribution < -0.4 is 15.8 Å². The monoisotopic (exact) mass is 414 g/mol. The van der Waals surface area contributed by atoms with Crippen LogP contribution in [0.3, 0.4) is 0 Å². The summed E-state index contributed by atoms with van der Waals surface area (Å²) in [5, 5.41) is 3.29. The normalized spacial score (nSPS) is 10.8. The number of halogens is 2. The van der Waals surface area contributed by atoms with Crippen molar-refractivity contribution in [2.45, 2.75) is 19.8 Å². The lowest BCUT2D eigenvalue weighted by molar-refractivity contribution is 0.412. The number of rotatable bonds is 4. The summed E-state index contributed by atoms with van der Waals surface area (Å²) >= 11 is 6.97. The minimum Gasteiger partial charge on any atom is -0.495 e. The second-order valence-corrected chi connectivity index (χ2v) is 6.48. The molecule has 0 amide bonds. The van der Waals surface area contributed by atoms with Crippen molar-refractivity contribution in [1.82, 2.24) is 9.97 Å². The first-order valence-corrected chi connectivity index (χ1v) is 7.93. The van der Waals surface area contributed by atoms with Crippen molar-refractivity contribution in [3.63, 3.8) is 0 Å². The van der Waals surface area contributed by atoms with Gasteiger partial charge in [-0.15, -0.1) is 0 Å². The number of methoxy groups -OCH3 is 1. The Kier molecular flexibility index (Phi) is 5.05. The fourth-order valence-electron chi connectivity index (χ4n) is 1.99. The van der Waals surface area contributed by atoms with Gasteiger partial charge in [-0.2, -0.15) is 0 Å². The molecule has 0 fully saturated rings. The maximum atomic E-state index is 5.96. The van der Waals surface area contributed by atoms with Crippen molar-refractivity contribution in [1.29, 1.82) is 0 Å². The van der Waals surface area contributed by atoms with E-state index in [0.717, 1.165) is 25.9 Å². The summed E-state index contributed by atoms with van der Waals surface area (Å²) in [6.45, 7) is 4.11. The molecule has 2 rings (SSSR count). The number of nitrogen functional groups attached to an aromatic ring is 1. The predicted octanol–water partition coefficient (Wildman–Crippen LogP) is 4.46. The first-order valence-electron chi connectivity index (χ1n) is 6.34. The van der Waals surface area contributed by atoms with Gasteiger partial charge in [-0.25, -0.2) is 9.97 Å². The van der Waals surface area contributed by atoms with Crippen molar-refractivity contribution in [3.8, 4) is 5.75 Å². The average Bonchev–Trinajstić information content (AvgIpc) is 2.41. The molecule has 0 unspecified atom stereocenters. The lowest BCUT2D eigenvalue weighted by Gasteiger charge is -2.16. The van der Waals surface area contributed by atoms with Crippen LogP contribution in [0.4, 0.5) is 17.3 Å². The summed E-state index contributed by atoms with van der Waals surface area (Å²) in [4.78, 5) is 8.36. The van der Waals surface area contributed by atoms with Gasteiger partial charge in [0.1, 0.15) is 23.7 Å². The molecule has 1 heterocycles. The minimum atomic E-state index is 0.213. The number of aromatic nitrogens is 2. The third-order valence-electron chi connectivity index (χ3n) is 2.99. The van der Waals surface area contributed by atoms with Crippen LogP contribution in [0.5, 0.6) is 5.75 Å². The van der Waals surface area contributed by atoms with Crippen LogP contribution in [0.1, 0.15) is 25.3 Å². The van der Waals surface area contributed by atoms with Crippen LogP contribution in [-0.2, 0) is 0 Å². The standard InChI is InChI=1S/C14H16Br2N4O/c1-7(2)12-13(17)18-6-19-14(12)20-10-5-11(21-3)9(16)4-8(10)15/h4-7H,1-3H3,(H3,17,18,19,20). The Labute approximate surface area is 140 Å². The van der Waals surface area contributed by atoms with Gasteiger partial charge in [-0.3, -0.25) is 0 Å². The lowest BCUT2D eigenvalue weighted by atomic mass is 10.0. The molecule has 3 N–H and O–H groups in total. The molecule has 0 spiro atoms. The van der Waals surface area contributed by atoms with Crippen LogP contribution in [0.15, 0.2) is 27.4 Å². The molecule has 1 aromatic carbocycles. The first kappa shape index (κ1) is 16.0. The van der Waals surface area contributed by atoms with Gasteiger partial charge < -0.3 is 15.8 Å². The van der Waals surface area contributed by atoms with E-state index in [-0.39, 0.29) is 5.92 Å². The van der Waals surface area contributed by atoms with Gasteiger partial charge in [0.05, 0.1) is 17.3 Å². The molecule has 0 bridgehead atoms. The van der Waals surface area contributed by atoms with E-state index in [9.17, 15) is 0 Å². The molecule has 1 aromatic heterocycles. The van der Waals surface area contributed by atoms with E-state index < -0.39 is 0 Å². The van der Waals surface area contributed by atoms with Crippen LogP contribution in [0.2, 0.25) is 0 Å². The molecule has 0 saturated heterocycles. The van der Waals surface area contributed by atoms with Gasteiger partial charge in [-0.1, -0.05) is 13.8 Å². The zero-order chi connectivity index (χ0) is 15.6. The smallest absolute Gasteiger partial charge is 0.139 e. The number of nitrogens with two attached hydrogens (primary N) is 1. The first-order chi connectivity index (χ1) is 9.93. The lowest BCUT2D eigenvalue weighted by Crippen LogP contribution is -2.07. The number of benzene rings is 1. The third-order valence-corrected chi connectivity index (χ3v) is 4.26. The summed E-state index contributed by atoms with van der Waals surface area (Å²) in [6.07, 6.45) is 1.45. The molecule has 0 atom stereocenters. The highest BCUT2D eigenvalue weighted by Gasteiger charge is 2.15. The molecule has 5 nitrogen and oxygen atoms in total. The van der Waals surface area contributed by atoms with Crippen LogP contribution in [0.25, 0.3) is 0 Å². The van der Waals surface area contributed by atoms with Crippen molar-refractivity contribution in [3.05, 3.63) is 33.0 Å². The summed E-state index contributed by atoms with van der Waals surface area (Å²) < 4.78 is 7.07. The molecule has 0 aliphatic rings. The summed E-state index contributed by atoms with van der Waals surface area (Å²) in [5.41, 5.74) is 7.70. The number of anilines is 3. The Bertz CT molecular complexity index is 662. The van der Waals surface area contributed by atoms with E-state index in [4.69, 9.17) is 10.5 Å². The molecule has 21 heavy (non-hydrogen) atoms. The van der Waals surface area contributed by atoms with Crippen molar-refractivity contribution in [2.75, 3.05) is 18.2 Å². The molecule has 0 radical (unpaired) electrons. The quantitative estimate of drug-likeness (QED) is 0.771. The van der Waals surface area contributed by atoms with Crippen LogP contribution in [-0.4, -0.2) is 17.1 Å². The largest absolute Gasteiger partial charge is 0.495 e. The highest BCUT2D eigenvalue weighted by Crippen LogP contribution is 2.37. The Morgan fingerprint density at radius 3 is 2.52 bits per heavy atom. The van der Waals surface area contributed by atoms with Gasteiger partial charge in [0.15, 0.2) is 0 Å². The topological polar surface area (TPSA) is 73.1 Å². The summed E-state index contributed by atoms with van der Waals surface area (Å²) in [7, 11) is 1.62. The van der Waals surface area contributed by atoms with Crippen molar-refractivity contribution in [2.24, 2.45) is 0 Å². The molecule has 112 valence electrons. The number of nitrogens with zero attached hydrogens (tertiary/aromatic N) is 2. The molecule has 0 saturated carbocycles. The van der Waals surface area contributed by atoms with Crippen LogP contribution >= 0.6 is 31.9 Å². The molecule has 7 heteroatoms. The van der Waals surface area contributed by atoms with Crippen molar-refractivity contribution < 1.29 is 4.74 Å². The van der Waals surface area contributed by atoms with Gasteiger partial charge in [0.2, 0.25) is 0 Å². The second kappa shape index (κ2) is 6.62. The Balaban J connectivity index is 2.46. The van der Waals surface area contributed by atoms with E-state index in [1.807, 2.05) is 12.1 Å². The fraction of sp³-hybridized carbons (Fsp3) is 0.286. The molecule has 0 aliphatic heterocycles. The number of hydrogen-bond donors (Lipinski definition) is 2. The Morgan fingerprint density at radius 1 is 1.19 bits per heavy atom. The summed E-state index contributed by atoms with van der Waals surface area (Å²) in [5.74, 6) is 2.13. The van der Waals surface area contributed by atoms with E-state index in [0.29, 0.717) is 11.6 Å². The highest BCUT2D eigenvalue weighted by atomic mass is 79.9. The maximum absolute atomic E-state index is 5.96. The van der Waals surface area contributed by atoms with Gasteiger partial charge in [-0.05, 0) is 43.8 Å². The van der Waals surface area contributed by atoms with Crippen molar-refractivity contribution >= 4 is 49.2 Å². The molecule has 0 aliphatic carbocycles. The van der Waals surface area contributed by atoms with E-state index in [1.165, 1.54) is 6.33 Å². The molecular weight excluding hydrogens is 400 g/mol. The second-order valence-electron chi connectivity index (χ2n) is 4.77. The van der Waals surface area contributed by atoms with E-state index >= 15 is 0 Å². The minimum absolute atomic E-state index is 0.213. The fourth-order valence-corrected chi connectivity index (χ4v) is 3.24. The van der Waals surface area contributed by atoms with Gasteiger partial charge >= 0.3 is 0 Å². The van der Waals surface area contributed by atoms with E-state index in [2.05, 4.69) is 61.0 Å². The van der Waals surface area contributed by atoms with Gasteiger partial charge in [0.25, 0.3) is 0 Å². The number of ether oxygens (including phenoxy) is 1. The SMILES string of the molecule is COc1cc(Nc2ncnc(N)c2C(C)C)c(Br)cc1Br. The Morgan fingerprint density at radius 2 is 1.90 bits per heavy atom. The highest BCUT2D eigenvalue weighted by molar-refractivity contribution is 9.11. The average molecular weight is 416 g/mol. The zero-order valence-corrected chi connectivity index (χ0v) is 15.1. The summed E-state index contributed by atoms with van der Waals surface area (Å²) in [6, 6.07) is 3.80. The van der Waals surface area contributed by atoms with Crippen LogP contribution in [0, 0.1) is 0 Å². The molecule has 2 aromatic rings. The number of hydrogen-bond acceptors (Lipinski definition) is 5. The maximum Gasteiger partial charge on any atom is 0.139 e. The predicted molar refractivity (Wildman–Crippen MR) is 92.2 cm³/mol.